The number of carbonyl (C=O) groups is 2. The van der Waals surface area contributed by atoms with Gasteiger partial charge in [-0.15, -0.1) is 0 Å². The summed E-state index contributed by atoms with van der Waals surface area (Å²) >= 11 is 0. The van der Waals surface area contributed by atoms with Crippen molar-refractivity contribution in [3.63, 3.8) is 0 Å². The number of nitrogens with one attached hydrogen (secondary N) is 1. The minimum Gasteiger partial charge on any atom is -0.465 e. The highest BCUT2D eigenvalue weighted by Crippen LogP contribution is 2.13. The van der Waals surface area contributed by atoms with Crippen LogP contribution >= 0.6 is 0 Å². The first kappa shape index (κ1) is 19.4. The summed E-state index contributed by atoms with van der Waals surface area (Å²) in [4.78, 5) is 34.5. The number of carbonyl (C=O) groups excluding carboxylic acids is 2. The zero-order valence-electron chi connectivity index (χ0n) is 15.4. The Kier molecular flexibility index (Phi) is 7.08. The number of anilines is 2. The monoisotopic (exact) mass is 356 g/mol. The number of hydrogen-bond donors (Lipinski definition) is 1. The minimum atomic E-state index is -0.421. The lowest BCUT2D eigenvalue weighted by atomic mass is 10.2. The summed E-state index contributed by atoms with van der Waals surface area (Å²) in [6, 6.07) is 6.47. The van der Waals surface area contributed by atoms with E-state index in [0.29, 0.717) is 22.8 Å². The molecule has 2 rings (SSSR count). The van der Waals surface area contributed by atoms with E-state index in [-0.39, 0.29) is 5.91 Å². The molecule has 0 aliphatic rings. The predicted octanol–water partition coefficient (Wildman–Crippen LogP) is 3.14. The fourth-order valence-electron chi connectivity index (χ4n) is 2.46. The fourth-order valence-corrected chi connectivity index (χ4v) is 2.46. The maximum Gasteiger partial charge on any atom is 0.337 e. The Balaban J connectivity index is 2.04. The Hall–Kier alpha value is -2.96. The number of ether oxygens (including phenoxy) is 1. The molecule has 1 N–H and O–H groups in total. The summed E-state index contributed by atoms with van der Waals surface area (Å²) in [5.41, 5.74) is 1.37. The lowest BCUT2D eigenvalue weighted by Crippen LogP contribution is -2.27. The molecule has 0 atom stereocenters. The summed E-state index contributed by atoms with van der Waals surface area (Å²) < 4.78 is 4.64. The fraction of sp³-hybridized carbons (Fsp3) is 0.368. The molecule has 0 bridgehead atoms. The second kappa shape index (κ2) is 9.50. The lowest BCUT2D eigenvalue weighted by Gasteiger charge is -2.21. The van der Waals surface area contributed by atoms with Crippen LogP contribution in [0.3, 0.4) is 0 Å². The van der Waals surface area contributed by atoms with E-state index >= 15 is 0 Å². The van der Waals surface area contributed by atoms with Gasteiger partial charge in [0.1, 0.15) is 0 Å². The molecule has 0 aliphatic carbocycles. The molecule has 7 heteroatoms. The smallest absolute Gasteiger partial charge is 0.337 e. The molecule has 1 heterocycles. The highest BCUT2D eigenvalue weighted by Gasteiger charge is 2.12. The predicted molar refractivity (Wildman–Crippen MR) is 101 cm³/mol. The third kappa shape index (κ3) is 5.02. The maximum atomic E-state index is 12.3. The third-order valence-electron chi connectivity index (χ3n) is 3.73. The number of rotatable bonds is 8. The van der Waals surface area contributed by atoms with Crippen LogP contribution in [0.4, 0.5) is 11.6 Å². The molecule has 0 unspecified atom stereocenters. The van der Waals surface area contributed by atoms with Crippen LogP contribution in [0.2, 0.25) is 0 Å². The van der Waals surface area contributed by atoms with Gasteiger partial charge in [0.05, 0.1) is 18.2 Å². The first-order valence-electron chi connectivity index (χ1n) is 8.65. The summed E-state index contributed by atoms with van der Waals surface area (Å²) in [5, 5.41) is 2.76. The van der Waals surface area contributed by atoms with E-state index in [1.54, 1.807) is 24.3 Å². The average molecular weight is 356 g/mol. The number of amides is 1. The number of aromatic nitrogens is 2. The van der Waals surface area contributed by atoms with Gasteiger partial charge in [0.2, 0.25) is 5.95 Å². The standard InChI is InChI=1S/C19H24N4O3/c1-4-10-23(11-5-2)19-20-12-15(13-21-19)17(24)22-16-8-6-14(7-9-16)18(25)26-3/h6-9,12-13H,4-5,10-11H2,1-3H3,(H,22,24). The highest BCUT2D eigenvalue weighted by molar-refractivity contribution is 6.04. The number of nitrogens with zero attached hydrogens (tertiary/aromatic N) is 3. The summed E-state index contributed by atoms with van der Waals surface area (Å²) in [7, 11) is 1.32. The second-order valence-corrected chi connectivity index (χ2v) is 5.78. The molecular formula is C19H24N4O3. The Labute approximate surface area is 153 Å². The number of hydrogen-bond acceptors (Lipinski definition) is 6. The van der Waals surface area contributed by atoms with Crippen LogP contribution < -0.4 is 10.2 Å². The molecule has 26 heavy (non-hydrogen) atoms. The van der Waals surface area contributed by atoms with Crippen LogP contribution in [0.5, 0.6) is 0 Å². The van der Waals surface area contributed by atoms with Gasteiger partial charge >= 0.3 is 5.97 Å². The van der Waals surface area contributed by atoms with Crippen molar-refractivity contribution >= 4 is 23.5 Å². The van der Waals surface area contributed by atoms with Crippen LogP contribution in [0.1, 0.15) is 47.4 Å². The van der Waals surface area contributed by atoms with Gasteiger partial charge in [0, 0.05) is 31.2 Å². The van der Waals surface area contributed by atoms with Crippen molar-refractivity contribution in [2.45, 2.75) is 26.7 Å². The van der Waals surface area contributed by atoms with Gasteiger partial charge in [-0.05, 0) is 37.1 Å². The average Bonchev–Trinajstić information content (AvgIpc) is 2.68. The Morgan fingerprint density at radius 2 is 1.58 bits per heavy atom. The van der Waals surface area contributed by atoms with E-state index in [1.807, 2.05) is 0 Å². The van der Waals surface area contributed by atoms with Crippen LogP contribution in [0.15, 0.2) is 36.7 Å². The second-order valence-electron chi connectivity index (χ2n) is 5.78. The Morgan fingerprint density at radius 3 is 2.08 bits per heavy atom. The van der Waals surface area contributed by atoms with Crippen molar-refractivity contribution in [3.05, 3.63) is 47.8 Å². The van der Waals surface area contributed by atoms with Crippen molar-refractivity contribution in [1.29, 1.82) is 0 Å². The topological polar surface area (TPSA) is 84.4 Å². The zero-order valence-corrected chi connectivity index (χ0v) is 15.4. The SMILES string of the molecule is CCCN(CCC)c1ncc(C(=O)Nc2ccc(C(=O)OC)cc2)cn1. The first-order chi connectivity index (χ1) is 12.6. The van der Waals surface area contributed by atoms with Crippen molar-refractivity contribution in [1.82, 2.24) is 9.97 Å². The van der Waals surface area contributed by atoms with Crippen molar-refractivity contribution in [2.75, 3.05) is 30.4 Å². The van der Waals surface area contributed by atoms with E-state index in [2.05, 4.69) is 38.8 Å². The Bertz CT molecular complexity index is 723. The lowest BCUT2D eigenvalue weighted by molar-refractivity contribution is 0.0600. The van der Waals surface area contributed by atoms with Gasteiger partial charge in [0.25, 0.3) is 5.91 Å². The molecule has 0 aliphatic heterocycles. The van der Waals surface area contributed by atoms with Crippen LogP contribution in [-0.4, -0.2) is 42.0 Å². The van der Waals surface area contributed by atoms with E-state index in [1.165, 1.54) is 19.5 Å². The Morgan fingerprint density at radius 1 is 1.00 bits per heavy atom. The van der Waals surface area contributed by atoms with Gasteiger partial charge in [-0.2, -0.15) is 0 Å². The summed E-state index contributed by atoms with van der Waals surface area (Å²) in [5.74, 6) is -0.0943. The first-order valence-corrected chi connectivity index (χ1v) is 8.65. The zero-order chi connectivity index (χ0) is 18.9. The number of methoxy groups -OCH3 is 1. The van der Waals surface area contributed by atoms with Gasteiger partial charge in [-0.25, -0.2) is 14.8 Å². The molecule has 1 aromatic carbocycles. The van der Waals surface area contributed by atoms with Crippen molar-refractivity contribution in [3.8, 4) is 0 Å². The number of esters is 1. The third-order valence-corrected chi connectivity index (χ3v) is 3.73. The number of benzene rings is 1. The molecule has 0 saturated heterocycles. The van der Waals surface area contributed by atoms with Crippen molar-refractivity contribution < 1.29 is 14.3 Å². The van der Waals surface area contributed by atoms with E-state index in [4.69, 9.17) is 0 Å². The molecule has 0 fully saturated rings. The van der Waals surface area contributed by atoms with Crippen LogP contribution in [0, 0.1) is 0 Å². The molecular weight excluding hydrogens is 332 g/mol. The van der Waals surface area contributed by atoms with Crippen LogP contribution in [-0.2, 0) is 4.74 Å². The molecule has 0 saturated carbocycles. The normalized spacial score (nSPS) is 10.3. The molecule has 0 radical (unpaired) electrons. The molecule has 2 aromatic rings. The van der Waals surface area contributed by atoms with E-state index < -0.39 is 5.97 Å². The highest BCUT2D eigenvalue weighted by atomic mass is 16.5. The van der Waals surface area contributed by atoms with Gasteiger partial charge in [-0.3, -0.25) is 4.79 Å². The quantitative estimate of drug-likeness (QED) is 0.732. The largest absolute Gasteiger partial charge is 0.465 e. The van der Waals surface area contributed by atoms with Crippen LogP contribution in [0.25, 0.3) is 0 Å². The molecule has 1 amide bonds. The molecule has 7 nitrogen and oxygen atoms in total. The summed E-state index contributed by atoms with van der Waals surface area (Å²) in [6.45, 7) is 5.98. The molecule has 1 aromatic heterocycles. The van der Waals surface area contributed by atoms with Gasteiger partial charge in [-0.1, -0.05) is 13.8 Å². The van der Waals surface area contributed by atoms with Gasteiger partial charge in [0.15, 0.2) is 0 Å². The summed E-state index contributed by atoms with van der Waals surface area (Å²) in [6.07, 6.45) is 5.07. The maximum absolute atomic E-state index is 12.3. The van der Waals surface area contributed by atoms with Gasteiger partial charge < -0.3 is 15.0 Å². The molecule has 138 valence electrons. The molecule has 0 spiro atoms. The van der Waals surface area contributed by atoms with E-state index in [0.717, 1.165) is 25.9 Å². The van der Waals surface area contributed by atoms with E-state index in [9.17, 15) is 9.59 Å². The minimum absolute atomic E-state index is 0.306. The van der Waals surface area contributed by atoms with Crippen molar-refractivity contribution in [2.24, 2.45) is 0 Å².